The molecular formula is C58H98O6. The van der Waals surface area contributed by atoms with E-state index in [1.54, 1.807) is 0 Å². The Kier molecular flexibility index (Phi) is 49.4. The second-order valence-corrected chi connectivity index (χ2v) is 17.4. The maximum Gasteiger partial charge on any atom is 0.306 e. The van der Waals surface area contributed by atoms with E-state index in [-0.39, 0.29) is 31.1 Å². The number of hydrogen-bond acceptors (Lipinski definition) is 6. The van der Waals surface area contributed by atoms with E-state index < -0.39 is 6.10 Å². The summed E-state index contributed by atoms with van der Waals surface area (Å²) < 4.78 is 16.8. The Labute approximate surface area is 395 Å². The zero-order valence-electron chi connectivity index (χ0n) is 41.8. The summed E-state index contributed by atoms with van der Waals surface area (Å²) in [6.45, 7) is 6.46. The van der Waals surface area contributed by atoms with Crippen LogP contribution < -0.4 is 0 Å². The van der Waals surface area contributed by atoms with Crippen LogP contribution in [0.1, 0.15) is 245 Å². The Morgan fingerprint density at radius 1 is 0.328 bits per heavy atom. The molecule has 366 valence electrons. The molecule has 0 aromatic carbocycles. The third-order valence-electron chi connectivity index (χ3n) is 11.1. The highest BCUT2D eigenvalue weighted by Gasteiger charge is 2.19. The quantitative estimate of drug-likeness (QED) is 0.0262. The fourth-order valence-corrected chi connectivity index (χ4v) is 7.15. The molecule has 0 fully saturated rings. The lowest BCUT2D eigenvalue weighted by atomic mass is 10.1. The number of esters is 3. The molecule has 6 nitrogen and oxygen atoms in total. The first kappa shape index (κ1) is 60.6. The fourth-order valence-electron chi connectivity index (χ4n) is 7.15. The number of carbonyl (C=O) groups is 3. The van der Waals surface area contributed by atoms with Crippen molar-refractivity contribution in [2.75, 3.05) is 13.2 Å². The van der Waals surface area contributed by atoms with Crippen molar-refractivity contribution in [1.29, 1.82) is 0 Å². The highest BCUT2D eigenvalue weighted by molar-refractivity contribution is 5.71. The van der Waals surface area contributed by atoms with Crippen LogP contribution in [0.3, 0.4) is 0 Å². The molecule has 0 rings (SSSR count). The Hall–Kier alpha value is -3.41. The van der Waals surface area contributed by atoms with Crippen molar-refractivity contribution < 1.29 is 28.6 Å². The lowest BCUT2D eigenvalue weighted by Gasteiger charge is -2.18. The zero-order chi connectivity index (χ0) is 46.5. The molecule has 1 atom stereocenters. The second kappa shape index (κ2) is 52.2. The minimum absolute atomic E-state index is 0.0876. The third kappa shape index (κ3) is 49.6. The molecule has 0 N–H and O–H groups in total. The Morgan fingerprint density at radius 3 is 0.984 bits per heavy atom. The molecule has 0 spiro atoms. The topological polar surface area (TPSA) is 78.9 Å². The molecule has 0 amide bonds. The van der Waals surface area contributed by atoms with Crippen molar-refractivity contribution in [1.82, 2.24) is 0 Å². The lowest BCUT2D eigenvalue weighted by molar-refractivity contribution is -0.167. The van der Waals surface area contributed by atoms with Crippen LogP contribution in [0.2, 0.25) is 0 Å². The normalized spacial score (nSPS) is 12.7. The predicted molar refractivity (Wildman–Crippen MR) is 274 cm³/mol. The lowest BCUT2D eigenvalue weighted by Crippen LogP contribution is -2.30. The first-order valence-electron chi connectivity index (χ1n) is 26.6. The predicted octanol–water partition coefficient (Wildman–Crippen LogP) is 17.6. The van der Waals surface area contributed by atoms with E-state index in [0.29, 0.717) is 19.3 Å². The first-order chi connectivity index (χ1) is 31.5. The van der Waals surface area contributed by atoms with Crippen LogP contribution in [0.5, 0.6) is 0 Å². The van der Waals surface area contributed by atoms with Crippen LogP contribution in [0.25, 0.3) is 0 Å². The molecule has 6 heteroatoms. The molecule has 0 aliphatic heterocycles. The standard InChI is InChI=1S/C58H98O6/c1-4-7-10-13-16-19-22-24-26-27-28-29-30-31-33-34-36-39-42-45-48-51-57(60)63-54-55(53-62-56(59)50-47-44-41-38-21-18-15-12-9-6-3)64-58(61)52-49-46-43-40-37-35-32-25-23-20-17-14-11-8-5-2/h7,10,16-17,19-20,24-26,28-29,31-33,55H,4-6,8-9,11-15,18,21-23,27,30,34-54H2,1-3H3/b10-7-,19-16-,20-17-,26-24-,29-28-,32-25-,33-31-. The summed E-state index contributed by atoms with van der Waals surface area (Å²) in [5, 5.41) is 0. The summed E-state index contributed by atoms with van der Waals surface area (Å²) in [6.07, 6.45) is 67.1. The van der Waals surface area contributed by atoms with Gasteiger partial charge in [0.1, 0.15) is 13.2 Å². The number of carbonyl (C=O) groups excluding carboxylic acids is 3. The number of hydrogen-bond donors (Lipinski definition) is 0. The van der Waals surface area contributed by atoms with E-state index in [1.807, 2.05) is 0 Å². The molecule has 0 aromatic rings. The molecule has 0 aliphatic rings. The van der Waals surface area contributed by atoms with E-state index in [2.05, 4.69) is 106 Å². The Balaban J connectivity index is 4.39. The largest absolute Gasteiger partial charge is 0.462 e. The van der Waals surface area contributed by atoms with Gasteiger partial charge in [-0.3, -0.25) is 14.4 Å². The minimum Gasteiger partial charge on any atom is -0.462 e. The maximum atomic E-state index is 12.8. The summed E-state index contributed by atoms with van der Waals surface area (Å²) >= 11 is 0. The van der Waals surface area contributed by atoms with E-state index in [4.69, 9.17) is 14.2 Å². The van der Waals surface area contributed by atoms with Crippen molar-refractivity contribution in [3.63, 3.8) is 0 Å². The van der Waals surface area contributed by atoms with E-state index >= 15 is 0 Å². The van der Waals surface area contributed by atoms with Gasteiger partial charge in [0.05, 0.1) is 0 Å². The summed E-state index contributed by atoms with van der Waals surface area (Å²) in [5.41, 5.74) is 0. The van der Waals surface area contributed by atoms with Gasteiger partial charge in [-0.2, -0.15) is 0 Å². The van der Waals surface area contributed by atoms with Gasteiger partial charge in [0.2, 0.25) is 0 Å². The second-order valence-electron chi connectivity index (χ2n) is 17.4. The van der Waals surface area contributed by atoms with Gasteiger partial charge >= 0.3 is 17.9 Å². The van der Waals surface area contributed by atoms with Crippen LogP contribution in [-0.2, 0) is 28.6 Å². The van der Waals surface area contributed by atoms with E-state index in [0.717, 1.165) is 135 Å². The molecule has 0 aromatic heterocycles. The average Bonchev–Trinajstić information content (AvgIpc) is 3.29. The van der Waals surface area contributed by atoms with Crippen molar-refractivity contribution in [2.24, 2.45) is 0 Å². The zero-order valence-corrected chi connectivity index (χ0v) is 41.8. The van der Waals surface area contributed by atoms with Gasteiger partial charge in [0.25, 0.3) is 0 Å². The Morgan fingerprint density at radius 2 is 0.609 bits per heavy atom. The smallest absolute Gasteiger partial charge is 0.306 e. The van der Waals surface area contributed by atoms with Crippen molar-refractivity contribution in [2.45, 2.75) is 252 Å². The van der Waals surface area contributed by atoms with Crippen LogP contribution in [0.15, 0.2) is 85.1 Å². The van der Waals surface area contributed by atoms with Gasteiger partial charge < -0.3 is 14.2 Å². The van der Waals surface area contributed by atoms with Gasteiger partial charge in [-0.25, -0.2) is 0 Å². The maximum absolute atomic E-state index is 12.8. The van der Waals surface area contributed by atoms with E-state index in [1.165, 1.54) is 70.6 Å². The molecule has 1 unspecified atom stereocenters. The number of ether oxygens (including phenoxy) is 3. The molecule has 0 aliphatic carbocycles. The number of rotatable bonds is 47. The number of unbranched alkanes of at least 4 members (excludes halogenated alkanes) is 22. The summed E-state index contributed by atoms with van der Waals surface area (Å²) in [7, 11) is 0. The molecular weight excluding hydrogens is 793 g/mol. The van der Waals surface area contributed by atoms with E-state index in [9.17, 15) is 14.4 Å². The van der Waals surface area contributed by atoms with Crippen LogP contribution in [0.4, 0.5) is 0 Å². The highest BCUT2D eigenvalue weighted by atomic mass is 16.6. The first-order valence-corrected chi connectivity index (χ1v) is 26.6. The van der Waals surface area contributed by atoms with Gasteiger partial charge in [-0.05, 0) is 96.3 Å². The monoisotopic (exact) mass is 891 g/mol. The van der Waals surface area contributed by atoms with Gasteiger partial charge in [-0.1, -0.05) is 215 Å². The molecule has 0 heterocycles. The SMILES string of the molecule is CC/C=C\C/C=C\C/C=C\C/C=C\C/C=C\CCCCCCCC(=O)OCC(COC(=O)CCCCCCCCCCCC)OC(=O)CCCCCCC/C=C\C/C=C\CCCCC. The van der Waals surface area contributed by atoms with Crippen LogP contribution in [-0.4, -0.2) is 37.2 Å². The molecule has 0 bridgehead atoms. The minimum atomic E-state index is -0.790. The highest BCUT2D eigenvalue weighted by Crippen LogP contribution is 2.14. The summed E-state index contributed by atoms with van der Waals surface area (Å²) in [6, 6.07) is 0. The van der Waals surface area contributed by atoms with Gasteiger partial charge in [0.15, 0.2) is 6.10 Å². The van der Waals surface area contributed by atoms with Crippen molar-refractivity contribution in [3.8, 4) is 0 Å². The molecule has 64 heavy (non-hydrogen) atoms. The Bertz CT molecular complexity index is 1250. The van der Waals surface area contributed by atoms with Crippen molar-refractivity contribution in [3.05, 3.63) is 85.1 Å². The molecule has 0 radical (unpaired) electrons. The average molecular weight is 891 g/mol. The summed E-state index contributed by atoms with van der Waals surface area (Å²) in [5.74, 6) is -0.922. The summed E-state index contributed by atoms with van der Waals surface area (Å²) in [4.78, 5) is 38.0. The fraction of sp³-hybridized carbons (Fsp3) is 0.707. The van der Waals surface area contributed by atoms with Crippen LogP contribution >= 0.6 is 0 Å². The number of allylic oxidation sites excluding steroid dienone is 14. The molecule has 0 saturated heterocycles. The van der Waals surface area contributed by atoms with Gasteiger partial charge in [-0.15, -0.1) is 0 Å². The molecule has 0 saturated carbocycles. The third-order valence-corrected chi connectivity index (χ3v) is 11.1. The van der Waals surface area contributed by atoms with Crippen molar-refractivity contribution >= 4 is 17.9 Å². The van der Waals surface area contributed by atoms with Gasteiger partial charge in [0, 0.05) is 19.3 Å². The van der Waals surface area contributed by atoms with Crippen LogP contribution in [0, 0.1) is 0 Å².